The Morgan fingerprint density at radius 1 is 1.21 bits per heavy atom. The fourth-order valence-electron chi connectivity index (χ4n) is 2.39. The molecule has 1 heterocycles. The summed E-state index contributed by atoms with van der Waals surface area (Å²) < 4.78 is 0. The molecule has 1 amide bonds. The first-order valence-corrected chi connectivity index (χ1v) is 6.40. The first-order valence-electron chi connectivity index (χ1n) is 6.02. The number of para-hydroxylation sites is 1. The molecule has 3 rings (SSSR count). The summed E-state index contributed by atoms with van der Waals surface area (Å²) in [7, 11) is 0. The van der Waals surface area contributed by atoms with Crippen LogP contribution in [0.4, 0.5) is 5.69 Å². The van der Waals surface area contributed by atoms with Crippen molar-refractivity contribution in [2.45, 2.75) is 12.3 Å². The van der Waals surface area contributed by atoms with Crippen molar-refractivity contribution in [2.24, 2.45) is 0 Å². The Morgan fingerprint density at radius 2 is 2.00 bits per heavy atom. The van der Waals surface area contributed by atoms with Gasteiger partial charge in [0.15, 0.2) is 0 Å². The Hall–Kier alpha value is -2.00. The van der Waals surface area contributed by atoms with E-state index in [4.69, 9.17) is 11.6 Å². The predicted molar refractivity (Wildman–Crippen MR) is 74.6 cm³/mol. The van der Waals surface area contributed by atoms with Crippen LogP contribution in [-0.4, -0.2) is 11.0 Å². The van der Waals surface area contributed by atoms with E-state index in [1.165, 1.54) is 0 Å². The third-order valence-electron chi connectivity index (χ3n) is 3.36. The highest BCUT2D eigenvalue weighted by molar-refractivity contribution is 6.32. The molecule has 2 N–H and O–H groups in total. The lowest BCUT2D eigenvalue weighted by molar-refractivity contribution is -0.117. The van der Waals surface area contributed by atoms with Crippen molar-refractivity contribution < 1.29 is 9.90 Å². The van der Waals surface area contributed by atoms with Crippen LogP contribution in [0.15, 0.2) is 42.5 Å². The normalized spacial score (nSPS) is 17.1. The highest BCUT2D eigenvalue weighted by Gasteiger charge is 2.30. The van der Waals surface area contributed by atoms with Gasteiger partial charge in [-0.25, -0.2) is 0 Å². The molecular weight excluding hydrogens is 262 g/mol. The third-order valence-corrected chi connectivity index (χ3v) is 3.67. The molecule has 0 saturated heterocycles. The summed E-state index contributed by atoms with van der Waals surface area (Å²) in [6, 6.07) is 12.7. The molecule has 2 aromatic carbocycles. The van der Waals surface area contributed by atoms with Gasteiger partial charge < -0.3 is 10.4 Å². The van der Waals surface area contributed by atoms with E-state index in [-0.39, 0.29) is 17.6 Å². The van der Waals surface area contributed by atoms with E-state index in [0.29, 0.717) is 11.4 Å². The number of carbonyl (C=O) groups excluding carboxylic acids is 1. The molecule has 2 aromatic rings. The minimum absolute atomic E-state index is 0.00500. The van der Waals surface area contributed by atoms with Crippen LogP contribution in [-0.2, 0) is 11.2 Å². The van der Waals surface area contributed by atoms with Crippen LogP contribution >= 0.6 is 11.6 Å². The van der Waals surface area contributed by atoms with Crippen molar-refractivity contribution in [1.29, 1.82) is 0 Å². The van der Waals surface area contributed by atoms with Gasteiger partial charge in [-0.3, -0.25) is 4.79 Å². The van der Waals surface area contributed by atoms with Gasteiger partial charge in [-0.2, -0.15) is 0 Å². The Balaban J connectivity index is 1.91. The second-order valence-electron chi connectivity index (χ2n) is 4.62. The van der Waals surface area contributed by atoms with Gasteiger partial charge >= 0.3 is 0 Å². The zero-order chi connectivity index (χ0) is 13.4. The number of aromatic hydroxyl groups is 1. The van der Waals surface area contributed by atoms with E-state index in [2.05, 4.69) is 5.32 Å². The maximum atomic E-state index is 12.0. The summed E-state index contributed by atoms with van der Waals surface area (Å²) in [5.74, 6) is -0.135. The van der Waals surface area contributed by atoms with E-state index in [1.54, 1.807) is 18.2 Å². The van der Waals surface area contributed by atoms with Gasteiger partial charge in [-0.15, -0.1) is 0 Å². The minimum atomic E-state index is -0.197. The van der Waals surface area contributed by atoms with Gasteiger partial charge in [0.05, 0.1) is 10.9 Å². The maximum Gasteiger partial charge on any atom is 0.232 e. The molecule has 0 aliphatic carbocycles. The van der Waals surface area contributed by atoms with Crippen molar-refractivity contribution in [3.63, 3.8) is 0 Å². The van der Waals surface area contributed by atoms with Crippen molar-refractivity contribution in [1.82, 2.24) is 0 Å². The van der Waals surface area contributed by atoms with Gasteiger partial charge in [-0.05, 0) is 35.7 Å². The number of fused-ring (bicyclic) bond motifs is 1. The number of halogens is 1. The number of rotatable bonds is 2. The fourth-order valence-corrected chi connectivity index (χ4v) is 2.59. The van der Waals surface area contributed by atoms with Crippen molar-refractivity contribution in [3.05, 3.63) is 58.6 Å². The highest BCUT2D eigenvalue weighted by Crippen LogP contribution is 2.35. The number of phenolic OH excluding ortho intramolecular Hbond substituents is 1. The third kappa shape index (κ3) is 2.17. The Kier molecular flexibility index (Phi) is 2.91. The van der Waals surface area contributed by atoms with Gasteiger partial charge in [0, 0.05) is 5.69 Å². The SMILES string of the molecule is O=C1Nc2ccccc2[C@H]1Cc1ccc(O)c(Cl)c1. The molecule has 0 radical (unpaired) electrons. The van der Waals surface area contributed by atoms with Gasteiger partial charge in [-0.1, -0.05) is 35.9 Å². The van der Waals surface area contributed by atoms with Crippen molar-refractivity contribution >= 4 is 23.2 Å². The number of hydrogen-bond donors (Lipinski definition) is 2. The quantitative estimate of drug-likeness (QED) is 0.882. The molecule has 0 saturated carbocycles. The summed E-state index contributed by atoms with van der Waals surface area (Å²) in [6.07, 6.45) is 0.572. The van der Waals surface area contributed by atoms with Crippen LogP contribution in [0.3, 0.4) is 0 Å². The monoisotopic (exact) mass is 273 g/mol. The van der Waals surface area contributed by atoms with E-state index in [1.807, 2.05) is 24.3 Å². The first-order chi connectivity index (χ1) is 9.15. The number of nitrogens with one attached hydrogen (secondary N) is 1. The standard InChI is InChI=1S/C15H12ClNO2/c16-12-8-9(5-6-14(12)18)7-11-10-3-1-2-4-13(10)17-15(11)19/h1-6,8,11,18H,7H2,(H,17,19)/t11-/m1/s1. The number of phenols is 1. The van der Waals surface area contributed by atoms with E-state index < -0.39 is 0 Å². The van der Waals surface area contributed by atoms with Crippen LogP contribution in [0.25, 0.3) is 0 Å². The summed E-state index contributed by atoms with van der Waals surface area (Å²) in [6.45, 7) is 0. The molecule has 1 atom stereocenters. The van der Waals surface area contributed by atoms with Crippen LogP contribution in [0.1, 0.15) is 17.0 Å². The summed E-state index contributed by atoms with van der Waals surface area (Å²) in [5, 5.41) is 12.6. The lowest BCUT2D eigenvalue weighted by Gasteiger charge is -2.09. The van der Waals surface area contributed by atoms with Gasteiger partial charge in [0.1, 0.15) is 5.75 Å². The lowest BCUT2D eigenvalue weighted by Crippen LogP contribution is -2.14. The molecule has 19 heavy (non-hydrogen) atoms. The van der Waals surface area contributed by atoms with Gasteiger partial charge in [0.2, 0.25) is 5.91 Å². The van der Waals surface area contributed by atoms with Crippen molar-refractivity contribution in [3.8, 4) is 5.75 Å². The zero-order valence-electron chi connectivity index (χ0n) is 10.1. The zero-order valence-corrected chi connectivity index (χ0v) is 10.8. The van der Waals surface area contributed by atoms with Crippen LogP contribution in [0.5, 0.6) is 5.75 Å². The minimum Gasteiger partial charge on any atom is -0.506 e. The average molecular weight is 274 g/mol. The van der Waals surface area contributed by atoms with E-state index >= 15 is 0 Å². The molecular formula is C15H12ClNO2. The molecule has 3 nitrogen and oxygen atoms in total. The molecule has 0 aromatic heterocycles. The smallest absolute Gasteiger partial charge is 0.232 e. The second-order valence-corrected chi connectivity index (χ2v) is 5.03. The molecule has 1 aliphatic rings. The number of hydrogen-bond acceptors (Lipinski definition) is 2. The van der Waals surface area contributed by atoms with Crippen LogP contribution in [0.2, 0.25) is 5.02 Å². The number of benzene rings is 2. The molecule has 4 heteroatoms. The number of carbonyl (C=O) groups is 1. The predicted octanol–water partition coefficient (Wildman–Crippen LogP) is 3.32. The Labute approximate surface area is 115 Å². The molecule has 0 unspecified atom stereocenters. The number of amides is 1. The van der Waals surface area contributed by atoms with Crippen LogP contribution in [0, 0.1) is 0 Å². The Morgan fingerprint density at radius 3 is 2.79 bits per heavy atom. The molecule has 1 aliphatic heterocycles. The summed E-state index contributed by atoms with van der Waals surface area (Å²) in [5.41, 5.74) is 2.82. The van der Waals surface area contributed by atoms with Crippen molar-refractivity contribution in [2.75, 3.05) is 5.32 Å². The molecule has 0 spiro atoms. The van der Waals surface area contributed by atoms with E-state index in [9.17, 15) is 9.90 Å². The molecule has 0 fully saturated rings. The highest BCUT2D eigenvalue weighted by atomic mass is 35.5. The first kappa shape index (κ1) is 12.1. The number of anilines is 1. The summed E-state index contributed by atoms with van der Waals surface area (Å²) >= 11 is 5.89. The average Bonchev–Trinajstić information content (AvgIpc) is 2.71. The molecule has 96 valence electrons. The fraction of sp³-hybridized carbons (Fsp3) is 0.133. The summed E-state index contributed by atoms with van der Waals surface area (Å²) in [4.78, 5) is 12.0. The van der Waals surface area contributed by atoms with Crippen LogP contribution < -0.4 is 5.32 Å². The maximum absolute atomic E-state index is 12.0. The lowest BCUT2D eigenvalue weighted by atomic mass is 9.93. The Bertz CT molecular complexity index is 654. The second kappa shape index (κ2) is 4.59. The molecule has 0 bridgehead atoms. The van der Waals surface area contributed by atoms with Gasteiger partial charge in [0.25, 0.3) is 0 Å². The van der Waals surface area contributed by atoms with E-state index in [0.717, 1.165) is 16.8 Å². The largest absolute Gasteiger partial charge is 0.506 e. The topological polar surface area (TPSA) is 49.3 Å².